The molecule has 0 bridgehead atoms. The second-order valence-electron chi connectivity index (χ2n) is 5.76. The fourth-order valence-electron chi connectivity index (χ4n) is 2.91. The van der Waals surface area contributed by atoms with Crippen LogP contribution in [0.3, 0.4) is 0 Å². The lowest BCUT2D eigenvalue weighted by Gasteiger charge is -2.08. The van der Waals surface area contributed by atoms with Gasteiger partial charge in [0.25, 0.3) is 0 Å². The van der Waals surface area contributed by atoms with Gasteiger partial charge in [0.15, 0.2) is 5.78 Å². The number of ether oxygens (including phenoxy) is 1. The predicted octanol–water partition coefficient (Wildman–Crippen LogP) is 5.39. The number of ketones is 1. The molecule has 0 fully saturated rings. The molecule has 1 aromatic heterocycles. The van der Waals surface area contributed by atoms with E-state index in [1.54, 1.807) is 31.4 Å². The van der Waals surface area contributed by atoms with E-state index in [0.29, 0.717) is 16.6 Å². The third-order valence-electron chi connectivity index (χ3n) is 4.20. The van der Waals surface area contributed by atoms with E-state index >= 15 is 0 Å². The SMILES string of the molecule is COc1ccc(C(=O)c2cccc3cc4ccc(Br)cc4nc23)cc1. The van der Waals surface area contributed by atoms with Gasteiger partial charge in [0.2, 0.25) is 0 Å². The zero-order valence-electron chi connectivity index (χ0n) is 13.5. The van der Waals surface area contributed by atoms with Crippen molar-refractivity contribution in [1.82, 2.24) is 4.98 Å². The van der Waals surface area contributed by atoms with Crippen LogP contribution in [0.2, 0.25) is 0 Å². The topological polar surface area (TPSA) is 39.2 Å². The molecule has 1 heterocycles. The Kier molecular flexibility index (Phi) is 3.98. The monoisotopic (exact) mass is 391 g/mol. The molecule has 4 heteroatoms. The van der Waals surface area contributed by atoms with Crippen molar-refractivity contribution < 1.29 is 9.53 Å². The van der Waals surface area contributed by atoms with Gasteiger partial charge in [-0.3, -0.25) is 4.79 Å². The van der Waals surface area contributed by atoms with Crippen molar-refractivity contribution in [3.63, 3.8) is 0 Å². The number of nitrogens with zero attached hydrogens (tertiary/aromatic N) is 1. The number of methoxy groups -OCH3 is 1. The number of hydrogen-bond acceptors (Lipinski definition) is 3. The fourth-order valence-corrected chi connectivity index (χ4v) is 3.26. The van der Waals surface area contributed by atoms with Gasteiger partial charge < -0.3 is 4.74 Å². The van der Waals surface area contributed by atoms with Crippen molar-refractivity contribution in [3.05, 3.63) is 82.3 Å². The Balaban J connectivity index is 1.89. The maximum absolute atomic E-state index is 13.0. The normalized spacial score (nSPS) is 11.0. The van der Waals surface area contributed by atoms with E-state index in [1.807, 2.05) is 36.4 Å². The van der Waals surface area contributed by atoms with Gasteiger partial charge in [-0.05, 0) is 48.5 Å². The van der Waals surface area contributed by atoms with Crippen molar-refractivity contribution in [2.75, 3.05) is 7.11 Å². The van der Waals surface area contributed by atoms with E-state index in [4.69, 9.17) is 9.72 Å². The number of para-hydroxylation sites is 1. The highest BCUT2D eigenvalue weighted by Gasteiger charge is 2.14. The molecular formula is C21H14BrNO2. The first-order valence-corrected chi connectivity index (χ1v) is 8.63. The van der Waals surface area contributed by atoms with Crippen LogP contribution in [0.25, 0.3) is 21.8 Å². The van der Waals surface area contributed by atoms with Gasteiger partial charge in [0, 0.05) is 26.4 Å². The van der Waals surface area contributed by atoms with Crippen molar-refractivity contribution >= 4 is 43.5 Å². The van der Waals surface area contributed by atoms with E-state index in [9.17, 15) is 4.79 Å². The van der Waals surface area contributed by atoms with Gasteiger partial charge >= 0.3 is 0 Å². The molecule has 0 radical (unpaired) electrons. The summed E-state index contributed by atoms with van der Waals surface area (Å²) in [7, 11) is 1.61. The zero-order valence-corrected chi connectivity index (χ0v) is 15.1. The van der Waals surface area contributed by atoms with Gasteiger partial charge in [-0.15, -0.1) is 0 Å². The van der Waals surface area contributed by atoms with Gasteiger partial charge in [-0.25, -0.2) is 4.98 Å². The second kappa shape index (κ2) is 6.30. The highest BCUT2D eigenvalue weighted by atomic mass is 79.9. The number of halogens is 1. The van der Waals surface area contributed by atoms with Crippen LogP contribution in [-0.2, 0) is 0 Å². The molecule has 0 saturated heterocycles. The summed E-state index contributed by atoms with van der Waals surface area (Å²) in [5.41, 5.74) is 2.79. The Morgan fingerprint density at radius 1 is 0.960 bits per heavy atom. The fraction of sp³-hybridized carbons (Fsp3) is 0.0476. The van der Waals surface area contributed by atoms with Gasteiger partial charge in [0.05, 0.1) is 18.1 Å². The maximum atomic E-state index is 13.0. The summed E-state index contributed by atoms with van der Waals surface area (Å²) in [6.45, 7) is 0. The summed E-state index contributed by atoms with van der Waals surface area (Å²) >= 11 is 3.48. The Labute approximate surface area is 153 Å². The third-order valence-corrected chi connectivity index (χ3v) is 4.69. The summed E-state index contributed by atoms with van der Waals surface area (Å²) in [6, 6.07) is 20.9. The molecule has 0 spiro atoms. The highest BCUT2D eigenvalue weighted by molar-refractivity contribution is 9.10. The van der Waals surface area contributed by atoms with Crippen LogP contribution in [0, 0.1) is 0 Å². The van der Waals surface area contributed by atoms with Crippen LogP contribution in [0.1, 0.15) is 15.9 Å². The van der Waals surface area contributed by atoms with E-state index < -0.39 is 0 Å². The molecule has 0 aliphatic heterocycles. The average Bonchev–Trinajstić information content (AvgIpc) is 2.65. The lowest BCUT2D eigenvalue weighted by atomic mass is 9.99. The predicted molar refractivity (Wildman–Crippen MR) is 103 cm³/mol. The molecule has 0 aliphatic rings. The van der Waals surface area contributed by atoms with E-state index in [-0.39, 0.29) is 5.78 Å². The van der Waals surface area contributed by atoms with Crippen molar-refractivity contribution in [2.24, 2.45) is 0 Å². The maximum Gasteiger partial charge on any atom is 0.195 e. The number of pyridine rings is 1. The lowest BCUT2D eigenvalue weighted by molar-refractivity contribution is 0.104. The smallest absolute Gasteiger partial charge is 0.195 e. The van der Waals surface area contributed by atoms with Gasteiger partial charge in [-0.2, -0.15) is 0 Å². The van der Waals surface area contributed by atoms with Gasteiger partial charge in [0.1, 0.15) is 5.75 Å². The quantitative estimate of drug-likeness (QED) is 0.347. The molecule has 0 aliphatic carbocycles. The lowest BCUT2D eigenvalue weighted by Crippen LogP contribution is -2.03. The number of fused-ring (bicyclic) bond motifs is 2. The minimum Gasteiger partial charge on any atom is -0.497 e. The zero-order chi connectivity index (χ0) is 17.4. The number of hydrogen-bond donors (Lipinski definition) is 0. The molecule has 4 aromatic rings. The standard InChI is InChI=1S/C21H14BrNO2/c1-25-17-9-6-13(7-10-17)21(24)18-4-2-3-15-11-14-5-8-16(22)12-19(14)23-20(15)18/h2-12H,1H3. The van der Waals surface area contributed by atoms with Crippen molar-refractivity contribution in [2.45, 2.75) is 0 Å². The Hall–Kier alpha value is -2.72. The van der Waals surface area contributed by atoms with Crippen molar-refractivity contribution in [3.8, 4) is 5.75 Å². The summed E-state index contributed by atoms with van der Waals surface area (Å²) in [5.74, 6) is 0.679. The minimum absolute atomic E-state index is 0.0462. The molecule has 3 nitrogen and oxygen atoms in total. The molecule has 122 valence electrons. The van der Waals surface area contributed by atoms with Crippen LogP contribution in [0.4, 0.5) is 0 Å². The third kappa shape index (κ3) is 2.89. The second-order valence-corrected chi connectivity index (χ2v) is 6.68. The summed E-state index contributed by atoms with van der Waals surface area (Å²) < 4.78 is 6.12. The van der Waals surface area contributed by atoms with Gasteiger partial charge in [-0.1, -0.05) is 34.1 Å². The molecule has 0 unspecified atom stereocenters. The molecule has 0 N–H and O–H groups in total. The molecule has 3 aromatic carbocycles. The van der Waals surface area contributed by atoms with Crippen LogP contribution >= 0.6 is 15.9 Å². The number of carbonyl (C=O) groups excluding carboxylic acids is 1. The van der Waals surface area contributed by atoms with Crippen LogP contribution < -0.4 is 4.74 Å². The molecule has 4 rings (SSSR count). The Bertz CT molecular complexity index is 1100. The first-order chi connectivity index (χ1) is 12.2. The minimum atomic E-state index is -0.0462. The Morgan fingerprint density at radius 2 is 1.76 bits per heavy atom. The van der Waals surface area contributed by atoms with Crippen molar-refractivity contribution in [1.29, 1.82) is 0 Å². The van der Waals surface area contributed by atoms with Crippen LogP contribution in [-0.4, -0.2) is 17.9 Å². The average molecular weight is 392 g/mol. The number of aromatic nitrogens is 1. The molecular weight excluding hydrogens is 378 g/mol. The van der Waals surface area contributed by atoms with Crippen LogP contribution in [0.5, 0.6) is 5.75 Å². The number of benzene rings is 3. The van der Waals surface area contributed by atoms with E-state index in [2.05, 4.69) is 22.0 Å². The molecule has 25 heavy (non-hydrogen) atoms. The summed E-state index contributed by atoms with van der Waals surface area (Å²) in [4.78, 5) is 17.7. The van der Waals surface area contributed by atoms with Crippen LogP contribution in [0.15, 0.2) is 71.2 Å². The van der Waals surface area contributed by atoms with E-state index in [0.717, 1.165) is 26.5 Å². The summed E-state index contributed by atoms with van der Waals surface area (Å²) in [5, 5.41) is 2.00. The molecule has 0 amide bonds. The number of rotatable bonds is 3. The number of carbonyl (C=O) groups is 1. The molecule has 0 saturated carbocycles. The first kappa shape index (κ1) is 15.8. The highest BCUT2D eigenvalue weighted by Crippen LogP contribution is 2.26. The largest absolute Gasteiger partial charge is 0.497 e. The first-order valence-electron chi connectivity index (χ1n) is 7.83. The molecule has 0 atom stereocenters. The van der Waals surface area contributed by atoms with E-state index in [1.165, 1.54) is 0 Å². The summed E-state index contributed by atoms with van der Waals surface area (Å²) in [6.07, 6.45) is 0. The Morgan fingerprint density at radius 3 is 2.52 bits per heavy atom.